The maximum atomic E-state index is 11.1. The molecule has 0 radical (unpaired) electrons. The fourth-order valence-corrected chi connectivity index (χ4v) is 7.44. The van der Waals surface area contributed by atoms with E-state index in [0.717, 1.165) is 109 Å². The van der Waals surface area contributed by atoms with Crippen molar-refractivity contribution in [2.24, 2.45) is 0 Å². The molecule has 9 heteroatoms. The summed E-state index contributed by atoms with van der Waals surface area (Å²) in [6.45, 7) is 16.4. The molecule has 3 N–H and O–H groups in total. The van der Waals surface area contributed by atoms with E-state index in [1.165, 1.54) is 5.56 Å². The Morgan fingerprint density at radius 1 is 0.530 bits per heavy atom. The largest absolute Gasteiger partial charge is 2.00 e. The van der Waals surface area contributed by atoms with Crippen molar-refractivity contribution in [3.8, 4) is 33.4 Å². The number of ketones is 1. The molecule has 346 valence electrons. The van der Waals surface area contributed by atoms with E-state index in [1.54, 1.807) is 6.92 Å². The minimum atomic E-state index is -0.812. The van der Waals surface area contributed by atoms with Crippen LogP contribution in [0.15, 0.2) is 184 Å². The predicted octanol–water partition coefficient (Wildman–Crippen LogP) is 13.3. The molecule has 6 aromatic rings. The van der Waals surface area contributed by atoms with E-state index in [1.807, 2.05) is 123 Å². The van der Waals surface area contributed by atoms with Crippen molar-refractivity contribution in [1.82, 2.24) is 0 Å². The molecule has 66 heavy (non-hydrogen) atoms. The van der Waals surface area contributed by atoms with Gasteiger partial charge in [0.2, 0.25) is 0 Å². The topological polar surface area (TPSA) is 77.8 Å². The Labute approximate surface area is 447 Å². The molecule has 0 aliphatic rings. The van der Waals surface area contributed by atoms with Gasteiger partial charge in [0.15, 0.2) is 5.78 Å². The Morgan fingerprint density at radius 3 is 1.11 bits per heavy atom. The van der Waals surface area contributed by atoms with Crippen LogP contribution in [0.4, 0.5) is 0 Å². The third-order valence-corrected chi connectivity index (χ3v) is 12.2. The summed E-state index contributed by atoms with van der Waals surface area (Å²) in [5.41, 5.74) is 7.99. The summed E-state index contributed by atoms with van der Waals surface area (Å²) in [5.74, 6) is 0.0994. The van der Waals surface area contributed by atoms with Crippen molar-refractivity contribution in [1.29, 1.82) is 0 Å². The van der Waals surface area contributed by atoms with Gasteiger partial charge in [-0.15, -0.1) is 13.2 Å². The Bertz CT molecular complexity index is 2260. The minimum Gasteiger partial charge on any atom is -1.00 e. The summed E-state index contributed by atoms with van der Waals surface area (Å²) < 4.78 is 3.21. The summed E-state index contributed by atoms with van der Waals surface area (Å²) in [6.07, 6.45) is 11.8. The van der Waals surface area contributed by atoms with Gasteiger partial charge in [-0.05, 0) is 134 Å². The molecule has 4 nitrogen and oxygen atoms in total. The molecule has 6 aromatic carbocycles. The van der Waals surface area contributed by atoms with Crippen molar-refractivity contribution in [3.63, 3.8) is 0 Å². The third-order valence-electron chi connectivity index (χ3n) is 10.6. The summed E-state index contributed by atoms with van der Waals surface area (Å²) in [7, 11) is 0. The smallest absolute Gasteiger partial charge is 1.00 e. The number of allylic oxidation sites excluding steroid dienone is 2. The van der Waals surface area contributed by atoms with Crippen LogP contribution in [-0.2, 0) is 11.2 Å². The third kappa shape index (κ3) is 22.0. The van der Waals surface area contributed by atoms with E-state index in [9.17, 15) is 15.0 Å². The molecule has 2 unspecified atom stereocenters. The fraction of sp³-hybridized carbons (Fsp3) is 0.263. The molecular weight excluding hydrogens is 1090 g/mol. The average molecular weight is 1160 g/mol. The number of Topliss-reactive ketones (excluding diaryl/α,β-unsaturated/α-hetero) is 1. The van der Waals surface area contributed by atoms with Crippen LogP contribution in [-0.4, -0.2) is 50.8 Å². The van der Waals surface area contributed by atoms with Gasteiger partial charge >= 0.3 is 23.1 Å². The zero-order chi connectivity index (χ0) is 47.0. The molecule has 0 bridgehead atoms. The van der Waals surface area contributed by atoms with Gasteiger partial charge in [-0.25, -0.2) is 0 Å². The van der Waals surface area contributed by atoms with Crippen LogP contribution in [0.3, 0.4) is 0 Å². The van der Waals surface area contributed by atoms with Crippen molar-refractivity contribution >= 4 is 76.6 Å². The molecule has 0 aliphatic carbocycles. The van der Waals surface area contributed by atoms with Crippen molar-refractivity contribution in [3.05, 3.63) is 208 Å². The SMILES string of the molecule is C=CCCCC(C)(O)c1ccc(-c2ccc(Br)cc2)cc1.C=CCC[CH2-].CC(=O)c1ccc(-c2ccc(Br)cc2)cc1.CC(O)(CCCCCO)c1ccc(-c2ccc(Br)cc2)cc1.[Br-].[Mg+2]. The van der Waals surface area contributed by atoms with Gasteiger partial charge < -0.3 is 39.2 Å². The number of carbonyl (C=O) groups is 1. The van der Waals surface area contributed by atoms with Gasteiger partial charge in [-0.2, -0.15) is 6.42 Å². The maximum absolute atomic E-state index is 11.1. The van der Waals surface area contributed by atoms with E-state index in [-0.39, 0.29) is 52.4 Å². The molecule has 0 aliphatic heterocycles. The number of aliphatic hydroxyl groups is 3. The van der Waals surface area contributed by atoms with Crippen LogP contribution in [0, 0.1) is 6.92 Å². The molecule has 0 amide bonds. The number of benzene rings is 6. The average Bonchev–Trinajstić information content (AvgIpc) is 3.30. The molecule has 0 spiro atoms. The summed E-state index contributed by atoms with van der Waals surface area (Å²) in [5, 5.41) is 30.0. The summed E-state index contributed by atoms with van der Waals surface area (Å²) in [4.78, 5) is 11.1. The number of halogens is 4. The van der Waals surface area contributed by atoms with Gasteiger partial charge in [-0.3, -0.25) is 4.79 Å². The van der Waals surface area contributed by atoms with E-state index in [2.05, 4.69) is 116 Å². The van der Waals surface area contributed by atoms with Crippen LogP contribution >= 0.6 is 47.8 Å². The van der Waals surface area contributed by atoms with E-state index >= 15 is 0 Å². The number of aliphatic hydroxyl groups excluding tert-OH is 1. The molecule has 0 aromatic heterocycles. The number of hydrogen-bond donors (Lipinski definition) is 3. The van der Waals surface area contributed by atoms with Crippen molar-refractivity contribution in [2.75, 3.05) is 6.61 Å². The first-order valence-electron chi connectivity index (χ1n) is 21.8. The number of hydrogen-bond acceptors (Lipinski definition) is 4. The number of unbranched alkanes of at least 4 members (excludes halogenated alkanes) is 4. The van der Waals surface area contributed by atoms with Gasteiger partial charge in [0.1, 0.15) is 0 Å². The zero-order valence-electron chi connectivity index (χ0n) is 38.7. The fourth-order valence-electron chi connectivity index (χ4n) is 6.65. The van der Waals surface area contributed by atoms with Crippen LogP contribution < -0.4 is 17.0 Å². The van der Waals surface area contributed by atoms with Crippen LogP contribution in [0.1, 0.15) is 100 Å². The Hall–Kier alpha value is -2.96. The van der Waals surface area contributed by atoms with Gasteiger partial charge in [-0.1, -0.05) is 188 Å². The second-order valence-electron chi connectivity index (χ2n) is 16.0. The predicted molar refractivity (Wildman–Crippen MR) is 288 cm³/mol. The summed E-state index contributed by atoms with van der Waals surface area (Å²) in [6, 6.07) is 48.5. The molecule has 0 heterocycles. The Balaban J connectivity index is 0.000000468. The minimum absolute atomic E-state index is 0. The van der Waals surface area contributed by atoms with E-state index in [4.69, 9.17) is 5.11 Å². The first kappa shape index (κ1) is 61.1. The molecular formula is C57H64Br4MgO4. The Kier molecular flexibility index (Phi) is 30.3. The van der Waals surface area contributed by atoms with Crippen LogP contribution in [0.25, 0.3) is 33.4 Å². The van der Waals surface area contributed by atoms with Crippen molar-refractivity contribution < 1.29 is 37.1 Å². The normalized spacial score (nSPS) is 12.0. The summed E-state index contributed by atoms with van der Waals surface area (Å²) >= 11 is 10.3. The van der Waals surface area contributed by atoms with Crippen LogP contribution in [0.5, 0.6) is 0 Å². The van der Waals surface area contributed by atoms with Gasteiger partial charge in [0, 0.05) is 25.6 Å². The molecule has 2 atom stereocenters. The monoisotopic (exact) mass is 1150 g/mol. The number of rotatable bonds is 17. The molecule has 6 rings (SSSR count). The van der Waals surface area contributed by atoms with E-state index in [0.29, 0.717) is 6.42 Å². The molecule has 0 saturated heterocycles. The second kappa shape index (κ2) is 32.7. The molecule has 0 fully saturated rings. The van der Waals surface area contributed by atoms with Crippen LogP contribution in [0.2, 0.25) is 0 Å². The van der Waals surface area contributed by atoms with E-state index < -0.39 is 11.2 Å². The second-order valence-corrected chi connectivity index (χ2v) is 18.7. The maximum Gasteiger partial charge on any atom is 2.00 e. The quantitative estimate of drug-likeness (QED) is 0.0280. The van der Waals surface area contributed by atoms with Crippen molar-refractivity contribution in [2.45, 2.75) is 89.8 Å². The van der Waals surface area contributed by atoms with Gasteiger partial charge in [0.25, 0.3) is 0 Å². The van der Waals surface area contributed by atoms with Gasteiger partial charge in [0.05, 0.1) is 11.2 Å². The number of carbonyl (C=O) groups excluding carboxylic acids is 1. The Morgan fingerprint density at radius 2 is 0.833 bits per heavy atom. The first-order valence-corrected chi connectivity index (χ1v) is 24.2. The first-order chi connectivity index (χ1) is 30.6. The zero-order valence-corrected chi connectivity index (χ0v) is 46.4. The molecule has 0 saturated carbocycles. The standard InChI is InChI=1S/C19H23BrO2.C19H21BrO.C14H11BrO.C5H9.BrH.Mg/c1-19(22,13-3-2-4-14-21)17-9-5-15(6-10-17)16-7-11-18(20)12-8-16;1-3-4-5-14-19(2,21)17-10-6-15(7-11-17)16-8-12-18(20)13-9-16;1-10(16)11-2-4-12(5-3-11)13-6-8-14(15)9-7-13;1-3-5-4-2;;/h5-12,21-22H,2-4,13-14H2,1H3;3,6-13,21H,1,4-5,14H2,2H3;2-9H,1H3;3H,1-2,4-5H2;1H;/q;;;-1;;+2/p-1.